The summed E-state index contributed by atoms with van der Waals surface area (Å²) in [5, 5.41) is 0. The molecule has 0 aromatic heterocycles. The van der Waals surface area contributed by atoms with Gasteiger partial charge in [0.15, 0.2) is 0 Å². The van der Waals surface area contributed by atoms with E-state index in [0.717, 1.165) is 24.2 Å². The van der Waals surface area contributed by atoms with E-state index in [2.05, 4.69) is 37.5 Å². The summed E-state index contributed by atoms with van der Waals surface area (Å²) < 4.78 is 0. The fraction of sp³-hybridized carbons (Fsp3) is 1.00. The molecular formula is C10H20N2. The van der Waals surface area contributed by atoms with Gasteiger partial charge in [-0.3, -0.25) is 9.80 Å². The molecule has 2 heterocycles. The maximum Gasteiger partial charge on any atom is 0.0224 e. The third-order valence-electron chi connectivity index (χ3n) is 3.93. The van der Waals surface area contributed by atoms with E-state index in [-0.39, 0.29) is 0 Å². The highest BCUT2D eigenvalue weighted by atomic mass is 15.4. The van der Waals surface area contributed by atoms with Gasteiger partial charge < -0.3 is 0 Å². The van der Waals surface area contributed by atoms with Crippen molar-refractivity contribution in [2.75, 3.05) is 13.1 Å². The third-order valence-corrected chi connectivity index (χ3v) is 3.93. The Balaban J connectivity index is 1.65. The van der Waals surface area contributed by atoms with Crippen molar-refractivity contribution in [3.8, 4) is 0 Å². The molecule has 0 radical (unpaired) electrons. The molecule has 0 aromatic carbocycles. The Morgan fingerprint density at radius 2 is 0.917 bits per heavy atom. The summed E-state index contributed by atoms with van der Waals surface area (Å²) in [7, 11) is 0. The molecule has 2 fully saturated rings. The van der Waals surface area contributed by atoms with Crippen molar-refractivity contribution in [2.45, 2.75) is 51.9 Å². The maximum absolute atomic E-state index is 2.57. The van der Waals surface area contributed by atoms with E-state index < -0.39 is 0 Å². The van der Waals surface area contributed by atoms with Crippen LogP contribution in [0.1, 0.15) is 27.7 Å². The summed E-state index contributed by atoms with van der Waals surface area (Å²) in [6, 6.07) is 3.37. The van der Waals surface area contributed by atoms with Crippen LogP contribution < -0.4 is 0 Å². The quantitative estimate of drug-likeness (QED) is 0.583. The summed E-state index contributed by atoms with van der Waals surface area (Å²) in [6.07, 6.45) is 0. The summed E-state index contributed by atoms with van der Waals surface area (Å²) in [4.78, 5) is 5.13. The zero-order chi connectivity index (χ0) is 8.88. The number of nitrogens with zero attached hydrogens (tertiary/aromatic N) is 2. The molecule has 0 amide bonds. The first-order valence-electron chi connectivity index (χ1n) is 5.14. The molecule has 0 saturated carbocycles. The fourth-order valence-corrected chi connectivity index (χ4v) is 2.20. The third kappa shape index (κ3) is 1.27. The number of hydrogen-bond donors (Lipinski definition) is 0. The van der Waals surface area contributed by atoms with Crippen LogP contribution in [0.3, 0.4) is 0 Å². The Morgan fingerprint density at radius 1 is 0.667 bits per heavy atom. The molecule has 4 atom stereocenters. The smallest absolute Gasteiger partial charge is 0.0224 e. The van der Waals surface area contributed by atoms with Gasteiger partial charge in [0.2, 0.25) is 0 Å². The topological polar surface area (TPSA) is 6.02 Å². The zero-order valence-electron chi connectivity index (χ0n) is 8.62. The average Bonchev–Trinajstić information content (AvgIpc) is 2.79. The molecule has 0 N–H and O–H groups in total. The minimum absolute atomic E-state index is 0.843. The first-order chi connectivity index (χ1) is 5.63. The Hall–Kier alpha value is -0.0800. The fourth-order valence-electron chi connectivity index (χ4n) is 2.20. The summed E-state index contributed by atoms with van der Waals surface area (Å²) in [6.45, 7) is 11.8. The van der Waals surface area contributed by atoms with Crippen LogP contribution in [0.4, 0.5) is 0 Å². The van der Waals surface area contributed by atoms with Crippen LogP contribution in [0.5, 0.6) is 0 Å². The van der Waals surface area contributed by atoms with E-state index in [9.17, 15) is 0 Å². The van der Waals surface area contributed by atoms with Crippen molar-refractivity contribution in [1.29, 1.82) is 0 Å². The molecule has 0 aromatic rings. The predicted molar refractivity (Wildman–Crippen MR) is 51.3 cm³/mol. The lowest BCUT2D eigenvalue weighted by molar-refractivity contribution is 0.401. The minimum atomic E-state index is 0.843. The van der Waals surface area contributed by atoms with Crippen LogP contribution in [0.2, 0.25) is 0 Å². The largest absolute Gasteiger partial charge is 0.294 e. The molecule has 2 rings (SSSR count). The lowest BCUT2D eigenvalue weighted by Crippen LogP contribution is -2.16. The van der Waals surface area contributed by atoms with Crippen LogP contribution in [0.15, 0.2) is 0 Å². The van der Waals surface area contributed by atoms with Crippen LogP contribution >= 0.6 is 0 Å². The normalized spacial score (nSPS) is 57.0. The van der Waals surface area contributed by atoms with E-state index in [1.807, 2.05) is 0 Å². The number of rotatable bonds is 3. The predicted octanol–water partition coefficient (Wildman–Crippen LogP) is 1.17. The van der Waals surface area contributed by atoms with Crippen molar-refractivity contribution in [2.24, 2.45) is 0 Å². The average molecular weight is 168 g/mol. The van der Waals surface area contributed by atoms with Crippen molar-refractivity contribution >= 4 is 0 Å². The van der Waals surface area contributed by atoms with Gasteiger partial charge >= 0.3 is 0 Å². The molecule has 2 aliphatic heterocycles. The van der Waals surface area contributed by atoms with E-state index in [1.54, 1.807) is 0 Å². The zero-order valence-corrected chi connectivity index (χ0v) is 8.62. The molecule has 12 heavy (non-hydrogen) atoms. The van der Waals surface area contributed by atoms with Gasteiger partial charge in [0.05, 0.1) is 0 Å². The van der Waals surface area contributed by atoms with Gasteiger partial charge in [-0.25, -0.2) is 0 Å². The van der Waals surface area contributed by atoms with Crippen molar-refractivity contribution in [3.05, 3.63) is 0 Å². The van der Waals surface area contributed by atoms with Crippen molar-refractivity contribution < 1.29 is 0 Å². The monoisotopic (exact) mass is 168 g/mol. The lowest BCUT2D eigenvalue weighted by atomic mass is 10.4. The highest BCUT2D eigenvalue weighted by molar-refractivity contribution is 5.00. The Labute approximate surface area is 75.5 Å². The van der Waals surface area contributed by atoms with Gasteiger partial charge in [-0.15, -0.1) is 0 Å². The molecular weight excluding hydrogens is 148 g/mol. The Morgan fingerprint density at radius 3 is 1.08 bits per heavy atom. The molecule has 0 spiro atoms. The van der Waals surface area contributed by atoms with E-state index in [4.69, 9.17) is 0 Å². The highest BCUT2D eigenvalue weighted by Crippen LogP contribution is 2.30. The highest BCUT2D eigenvalue weighted by Gasteiger charge is 2.43. The maximum atomic E-state index is 2.57. The van der Waals surface area contributed by atoms with Gasteiger partial charge in [-0.05, 0) is 27.7 Å². The standard InChI is InChI=1S/C10H20N2/c1-7-8(2)11(7)5-6-12-9(3)10(12)4/h7-10H,5-6H2,1-4H3. The molecule has 70 valence electrons. The van der Waals surface area contributed by atoms with E-state index >= 15 is 0 Å². The second-order valence-electron chi connectivity index (χ2n) is 4.44. The SMILES string of the molecule is CC1C(C)N1CCN1C(C)C1C. The van der Waals surface area contributed by atoms with Gasteiger partial charge in [0.25, 0.3) is 0 Å². The van der Waals surface area contributed by atoms with E-state index in [1.165, 1.54) is 13.1 Å². The summed E-state index contributed by atoms with van der Waals surface area (Å²) in [5.74, 6) is 0. The first kappa shape index (κ1) is 8.52. The second kappa shape index (κ2) is 2.71. The Bertz CT molecular complexity index is 145. The summed E-state index contributed by atoms with van der Waals surface area (Å²) >= 11 is 0. The second-order valence-corrected chi connectivity index (χ2v) is 4.44. The molecule has 2 heteroatoms. The van der Waals surface area contributed by atoms with E-state index in [0.29, 0.717) is 0 Å². The molecule has 2 aliphatic rings. The van der Waals surface area contributed by atoms with Gasteiger partial charge in [-0.2, -0.15) is 0 Å². The van der Waals surface area contributed by atoms with Crippen LogP contribution in [-0.2, 0) is 0 Å². The Kier molecular flexibility index (Phi) is 1.92. The van der Waals surface area contributed by atoms with Gasteiger partial charge in [0, 0.05) is 37.3 Å². The molecule has 0 aliphatic carbocycles. The first-order valence-corrected chi connectivity index (χ1v) is 5.14. The minimum Gasteiger partial charge on any atom is -0.294 e. The summed E-state index contributed by atoms with van der Waals surface area (Å²) in [5.41, 5.74) is 0. The van der Waals surface area contributed by atoms with Crippen LogP contribution in [0.25, 0.3) is 0 Å². The lowest BCUT2D eigenvalue weighted by Gasteiger charge is -2.03. The van der Waals surface area contributed by atoms with Crippen LogP contribution in [-0.4, -0.2) is 47.1 Å². The van der Waals surface area contributed by atoms with Crippen LogP contribution in [0, 0.1) is 0 Å². The molecule has 2 nitrogen and oxygen atoms in total. The van der Waals surface area contributed by atoms with Crippen molar-refractivity contribution in [1.82, 2.24) is 9.80 Å². The van der Waals surface area contributed by atoms with Crippen molar-refractivity contribution in [3.63, 3.8) is 0 Å². The molecule has 4 unspecified atom stereocenters. The molecule has 0 bridgehead atoms. The van der Waals surface area contributed by atoms with Gasteiger partial charge in [-0.1, -0.05) is 0 Å². The van der Waals surface area contributed by atoms with Gasteiger partial charge in [0.1, 0.15) is 0 Å². The molecule has 2 saturated heterocycles. The number of hydrogen-bond acceptors (Lipinski definition) is 2.